The van der Waals surface area contributed by atoms with Crippen molar-refractivity contribution in [3.8, 4) is 22.3 Å². The number of furan rings is 1. The van der Waals surface area contributed by atoms with E-state index in [2.05, 4.69) is 133 Å². The van der Waals surface area contributed by atoms with Gasteiger partial charge in [-0.15, -0.1) is 0 Å². The van der Waals surface area contributed by atoms with E-state index in [1.807, 2.05) is 12.1 Å². The quantitative estimate of drug-likeness (QED) is 0.249. The third-order valence-corrected chi connectivity index (χ3v) is 13.1. The second-order valence-corrected chi connectivity index (χ2v) is 13.8. The first-order valence-corrected chi connectivity index (χ1v) is 15.1. The van der Waals surface area contributed by atoms with E-state index in [0.29, 0.717) is 0 Å². The van der Waals surface area contributed by atoms with Gasteiger partial charge in [-0.3, -0.25) is 0 Å². The zero-order valence-corrected chi connectivity index (χ0v) is 21.8. The molecule has 1 aliphatic rings. The zero-order valence-electron chi connectivity index (χ0n) is 20.8. The Bertz CT molecular complexity index is 1930. The largest absolute Gasteiger partial charge is 0.456 e. The highest BCUT2D eigenvalue weighted by Gasteiger charge is 2.48. The Balaban J connectivity index is 1.40. The lowest BCUT2D eigenvalue weighted by Crippen LogP contribution is -2.72. The number of para-hydroxylation sites is 1. The average Bonchev–Trinajstić information content (AvgIpc) is 3.51. The molecule has 0 saturated carbocycles. The van der Waals surface area contributed by atoms with E-state index in [-0.39, 0.29) is 0 Å². The van der Waals surface area contributed by atoms with E-state index < -0.39 is 8.07 Å². The van der Waals surface area contributed by atoms with E-state index in [1.165, 1.54) is 43.0 Å². The van der Waals surface area contributed by atoms with Crippen LogP contribution >= 0.6 is 0 Å². The molecule has 0 atom stereocenters. The summed E-state index contributed by atoms with van der Waals surface area (Å²) in [5.74, 6) is 0. The minimum absolute atomic E-state index is 0.932. The summed E-state index contributed by atoms with van der Waals surface area (Å²) in [5.41, 5.74) is 7.03. The summed E-state index contributed by atoms with van der Waals surface area (Å²) in [6.07, 6.45) is 0. The normalized spacial score (nSPS) is 13.5. The maximum Gasteiger partial charge on any atom is 0.180 e. The van der Waals surface area contributed by atoms with E-state index in [1.54, 1.807) is 0 Å². The number of hydrogen-bond donors (Lipinski definition) is 0. The van der Waals surface area contributed by atoms with Gasteiger partial charge in [0.25, 0.3) is 0 Å². The lowest BCUT2D eigenvalue weighted by atomic mass is 9.98. The maximum absolute atomic E-state index is 6.09. The Morgan fingerprint density at radius 2 is 0.974 bits per heavy atom. The molecule has 0 unspecified atom stereocenters. The molecule has 0 saturated heterocycles. The predicted molar refractivity (Wildman–Crippen MR) is 162 cm³/mol. The highest BCUT2D eigenvalue weighted by atomic mass is 28.3. The molecule has 0 N–H and O–H groups in total. The smallest absolute Gasteiger partial charge is 0.180 e. The van der Waals surface area contributed by atoms with Crippen LogP contribution in [0.1, 0.15) is 0 Å². The second-order valence-electron chi connectivity index (χ2n) is 10.1. The van der Waals surface area contributed by atoms with Gasteiger partial charge in [-0.1, -0.05) is 121 Å². The first-order chi connectivity index (χ1) is 18.8. The first kappa shape index (κ1) is 21.4. The van der Waals surface area contributed by atoms with Crippen LogP contribution in [0.2, 0.25) is 0 Å². The van der Waals surface area contributed by atoms with Crippen molar-refractivity contribution in [2.24, 2.45) is 0 Å². The third-order valence-electron chi connectivity index (χ3n) is 8.17. The zero-order chi connectivity index (χ0) is 25.1. The fraction of sp³-hybridized carbons (Fsp3) is 0. The lowest BCUT2D eigenvalue weighted by Gasteiger charge is -2.31. The van der Waals surface area contributed by atoms with Gasteiger partial charge >= 0.3 is 0 Å². The van der Waals surface area contributed by atoms with Crippen LogP contribution in [-0.2, 0) is 0 Å². The third kappa shape index (κ3) is 2.92. The number of benzene rings is 6. The molecule has 0 aliphatic carbocycles. The molecule has 1 nitrogen and oxygen atoms in total. The Labute approximate surface area is 222 Å². The van der Waals surface area contributed by atoms with Gasteiger partial charge in [0.15, 0.2) is 8.07 Å². The summed E-state index contributed by atoms with van der Waals surface area (Å²) >= 11 is 0. The molecular weight excluding hydrogens is 476 g/mol. The van der Waals surface area contributed by atoms with Gasteiger partial charge in [0, 0.05) is 10.8 Å². The van der Waals surface area contributed by atoms with Crippen LogP contribution in [-0.4, -0.2) is 8.07 Å². The summed E-state index contributed by atoms with van der Waals surface area (Å²) < 4.78 is 6.09. The van der Waals surface area contributed by atoms with Crippen LogP contribution in [0.25, 0.3) is 44.2 Å². The van der Waals surface area contributed by atoms with Gasteiger partial charge in [0.1, 0.15) is 11.2 Å². The lowest BCUT2D eigenvalue weighted by molar-refractivity contribution is 0.669. The van der Waals surface area contributed by atoms with Gasteiger partial charge < -0.3 is 4.42 Å². The van der Waals surface area contributed by atoms with Crippen LogP contribution in [0.5, 0.6) is 0 Å². The van der Waals surface area contributed by atoms with Crippen molar-refractivity contribution < 1.29 is 4.42 Å². The fourth-order valence-electron chi connectivity index (χ4n) is 6.53. The number of fused-ring (bicyclic) bond motifs is 6. The van der Waals surface area contributed by atoms with E-state index in [4.69, 9.17) is 4.42 Å². The van der Waals surface area contributed by atoms with Crippen LogP contribution in [0.15, 0.2) is 150 Å². The SMILES string of the molecule is c1ccc([Si]2(c3ccccc3)c3ccccc3-c3cc(-c4ccc5oc6ccccc6c5c4)ccc32)cc1. The Kier molecular flexibility index (Phi) is 4.61. The minimum Gasteiger partial charge on any atom is -0.456 e. The highest BCUT2D eigenvalue weighted by Crippen LogP contribution is 2.35. The van der Waals surface area contributed by atoms with Gasteiger partial charge in [-0.25, -0.2) is 0 Å². The molecule has 1 aromatic heterocycles. The van der Waals surface area contributed by atoms with Crippen LogP contribution in [0.4, 0.5) is 0 Å². The van der Waals surface area contributed by atoms with E-state index >= 15 is 0 Å². The second kappa shape index (κ2) is 8.17. The van der Waals surface area contributed by atoms with Crippen LogP contribution in [0, 0.1) is 0 Å². The maximum atomic E-state index is 6.09. The monoisotopic (exact) mass is 500 g/mol. The Morgan fingerprint density at radius 3 is 1.76 bits per heavy atom. The summed E-state index contributed by atoms with van der Waals surface area (Å²) in [4.78, 5) is 0. The molecule has 2 heteroatoms. The summed E-state index contributed by atoms with van der Waals surface area (Å²) in [7, 11) is -2.43. The molecule has 1 aliphatic heterocycles. The van der Waals surface area contributed by atoms with E-state index in [0.717, 1.165) is 21.9 Å². The molecule has 0 amide bonds. The van der Waals surface area contributed by atoms with Gasteiger partial charge in [0.05, 0.1) is 0 Å². The standard InChI is InChI=1S/C36H24OSi/c1-3-11-27(12-4-1)38(28-13-5-2-6-14-28)35-18-10-8-16-30(35)32-24-26(20-22-36(32)38)25-19-21-34-31(23-25)29-15-7-9-17-33(29)37-34/h1-24H. The van der Waals surface area contributed by atoms with Crippen molar-refractivity contribution in [3.05, 3.63) is 146 Å². The molecule has 6 aromatic carbocycles. The molecule has 0 fully saturated rings. The number of rotatable bonds is 3. The molecule has 38 heavy (non-hydrogen) atoms. The van der Waals surface area contributed by atoms with Crippen molar-refractivity contribution in [2.45, 2.75) is 0 Å². The molecule has 178 valence electrons. The van der Waals surface area contributed by atoms with Gasteiger partial charge in [-0.2, -0.15) is 0 Å². The van der Waals surface area contributed by atoms with Crippen LogP contribution in [0.3, 0.4) is 0 Å². The number of hydrogen-bond acceptors (Lipinski definition) is 1. The van der Waals surface area contributed by atoms with Crippen molar-refractivity contribution >= 4 is 50.8 Å². The van der Waals surface area contributed by atoms with Gasteiger partial charge in [-0.05, 0) is 67.3 Å². The molecule has 7 aromatic rings. The molecule has 8 rings (SSSR count). The van der Waals surface area contributed by atoms with Gasteiger partial charge in [0.2, 0.25) is 0 Å². The Morgan fingerprint density at radius 1 is 0.395 bits per heavy atom. The minimum atomic E-state index is -2.43. The fourth-order valence-corrected chi connectivity index (χ4v) is 11.7. The molecule has 2 heterocycles. The molecule has 0 radical (unpaired) electrons. The average molecular weight is 501 g/mol. The summed E-state index contributed by atoms with van der Waals surface area (Å²) in [6, 6.07) is 53.4. The van der Waals surface area contributed by atoms with Crippen molar-refractivity contribution in [2.75, 3.05) is 0 Å². The molecule has 0 spiro atoms. The van der Waals surface area contributed by atoms with E-state index in [9.17, 15) is 0 Å². The first-order valence-electron chi connectivity index (χ1n) is 13.1. The van der Waals surface area contributed by atoms with Crippen molar-refractivity contribution in [1.29, 1.82) is 0 Å². The molecule has 0 bridgehead atoms. The Hall–Kier alpha value is -4.66. The summed E-state index contributed by atoms with van der Waals surface area (Å²) in [5, 5.41) is 8.12. The summed E-state index contributed by atoms with van der Waals surface area (Å²) in [6.45, 7) is 0. The topological polar surface area (TPSA) is 13.1 Å². The van der Waals surface area contributed by atoms with Crippen molar-refractivity contribution in [3.63, 3.8) is 0 Å². The van der Waals surface area contributed by atoms with Crippen LogP contribution < -0.4 is 20.7 Å². The predicted octanol–water partition coefficient (Wildman–Crippen LogP) is 6.61. The van der Waals surface area contributed by atoms with Crippen molar-refractivity contribution in [1.82, 2.24) is 0 Å². The highest BCUT2D eigenvalue weighted by molar-refractivity contribution is 7.22. The molecular formula is C36H24OSi.